The molecule has 1 amide bonds. The Hall–Kier alpha value is -1.76. The average Bonchev–Trinajstić information content (AvgIpc) is 2.79. The van der Waals surface area contributed by atoms with Crippen LogP contribution in [0.15, 0.2) is 22.8 Å². The van der Waals surface area contributed by atoms with Crippen molar-refractivity contribution in [3.63, 3.8) is 0 Å². The Kier molecular flexibility index (Phi) is 3.73. The van der Waals surface area contributed by atoms with Crippen molar-refractivity contribution in [2.24, 2.45) is 5.41 Å². The minimum atomic E-state index is -0.943. The lowest BCUT2D eigenvalue weighted by Gasteiger charge is -2.25. The molecule has 0 saturated heterocycles. The first-order chi connectivity index (χ1) is 7.53. The van der Waals surface area contributed by atoms with Crippen molar-refractivity contribution in [2.75, 3.05) is 7.05 Å². The number of nitrogens with zero attached hydrogens (tertiary/aromatic N) is 2. The number of amides is 1. The summed E-state index contributed by atoms with van der Waals surface area (Å²) in [5, 5.41) is 9.01. The van der Waals surface area contributed by atoms with E-state index in [1.807, 2.05) is 6.92 Å². The Morgan fingerprint density at radius 1 is 1.69 bits per heavy atom. The first-order valence-electron chi connectivity index (χ1n) is 5.22. The molecule has 0 aromatic carbocycles. The minimum Gasteiger partial charge on any atom is -0.467 e. The Morgan fingerprint density at radius 2 is 2.38 bits per heavy atom. The molecular weight excluding hydrogens is 204 g/mol. The second kappa shape index (κ2) is 4.84. The monoisotopic (exact) mass is 220 g/mol. The molecule has 1 rings (SSSR count). The van der Waals surface area contributed by atoms with Gasteiger partial charge in [0.1, 0.15) is 11.2 Å². The summed E-state index contributed by atoms with van der Waals surface area (Å²) in [7, 11) is 1.68. The second-order valence-corrected chi connectivity index (χ2v) is 4.04. The highest BCUT2D eigenvalue weighted by atomic mass is 16.3. The summed E-state index contributed by atoms with van der Waals surface area (Å²) >= 11 is 0. The molecule has 86 valence electrons. The molecule has 0 bridgehead atoms. The highest BCUT2D eigenvalue weighted by molar-refractivity contribution is 5.84. The summed E-state index contributed by atoms with van der Waals surface area (Å²) in [6.45, 7) is 3.89. The fourth-order valence-corrected chi connectivity index (χ4v) is 1.41. The highest BCUT2D eigenvalue weighted by Gasteiger charge is 2.33. The summed E-state index contributed by atoms with van der Waals surface area (Å²) in [5.74, 6) is 0.543. The van der Waals surface area contributed by atoms with E-state index >= 15 is 0 Å². The maximum absolute atomic E-state index is 12.0. The van der Waals surface area contributed by atoms with Gasteiger partial charge in [-0.25, -0.2) is 0 Å². The molecule has 1 aromatic rings. The largest absolute Gasteiger partial charge is 0.467 e. The SMILES string of the molecule is CCC(C)(C#N)C(=O)N(C)Cc1ccco1. The van der Waals surface area contributed by atoms with Gasteiger partial charge >= 0.3 is 0 Å². The van der Waals surface area contributed by atoms with Gasteiger partial charge in [0.25, 0.3) is 0 Å². The van der Waals surface area contributed by atoms with Gasteiger partial charge in [-0.2, -0.15) is 5.26 Å². The Morgan fingerprint density at radius 3 is 2.81 bits per heavy atom. The van der Waals surface area contributed by atoms with Crippen LogP contribution in [0.25, 0.3) is 0 Å². The normalized spacial score (nSPS) is 13.9. The van der Waals surface area contributed by atoms with Crippen LogP contribution in [-0.4, -0.2) is 17.9 Å². The smallest absolute Gasteiger partial charge is 0.242 e. The third-order valence-electron chi connectivity index (χ3n) is 2.75. The van der Waals surface area contributed by atoms with E-state index in [0.29, 0.717) is 18.7 Å². The van der Waals surface area contributed by atoms with Crippen LogP contribution in [0, 0.1) is 16.7 Å². The van der Waals surface area contributed by atoms with E-state index in [1.54, 1.807) is 32.4 Å². The van der Waals surface area contributed by atoms with Crippen LogP contribution in [0.4, 0.5) is 0 Å². The van der Waals surface area contributed by atoms with Gasteiger partial charge in [-0.3, -0.25) is 4.79 Å². The second-order valence-electron chi connectivity index (χ2n) is 4.04. The number of rotatable bonds is 4. The molecule has 0 fully saturated rings. The van der Waals surface area contributed by atoms with Crippen LogP contribution in [0.2, 0.25) is 0 Å². The molecule has 1 heterocycles. The Bertz CT molecular complexity index is 392. The molecule has 1 atom stereocenters. The molecule has 0 spiro atoms. The number of carbonyl (C=O) groups is 1. The zero-order valence-corrected chi connectivity index (χ0v) is 9.86. The van der Waals surface area contributed by atoms with Gasteiger partial charge in [-0.15, -0.1) is 0 Å². The van der Waals surface area contributed by atoms with Crippen LogP contribution in [0.3, 0.4) is 0 Å². The van der Waals surface area contributed by atoms with E-state index in [-0.39, 0.29) is 5.91 Å². The molecule has 0 radical (unpaired) electrons. The number of furan rings is 1. The number of nitriles is 1. The topological polar surface area (TPSA) is 57.2 Å². The summed E-state index contributed by atoms with van der Waals surface area (Å²) in [4.78, 5) is 13.5. The first-order valence-corrected chi connectivity index (χ1v) is 5.22. The van der Waals surface area contributed by atoms with Crippen molar-refractivity contribution in [2.45, 2.75) is 26.8 Å². The number of carbonyl (C=O) groups excluding carboxylic acids is 1. The molecular formula is C12H16N2O2. The molecule has 0 saturated carbocycles. The van der Waals surface area contributed by atoms with Crippen LogP contribution in [0.5, 0.6) is 0 Å². The third-order valence-corrected chi connectivity index (χ3v) is 2.75. The van der Waals surface area contributed by atoms with Crippen molar-refractivity contribution in [1.29, 1.82) is 5.26 Å². The van der Waals surface area contributed by atoms with Gasteiger partial charge in [0, 0.05) is 7.05 Å². The molecule has 4 heteroatoms. The predicted molar refractivity (Wildman–Crippen MR) is 59.2 cm³/mol. The van der Waals surface area contributed by atoms with Crippen LogP contribution >= 0.6 is 0 Å². The van der Waals surface area contributed by atoms with Gasteiger partial charge < -0.3 is 9.32 Å². The lowest BCUT2D eigenvalue weighted by Crippen LogP contribution is -2.38. The summed E-state index contributed by atoms with van der Waals surface area (Å²) in [6.07, 6.45) is 2.07. The molecule has 16 heavy (non-hydrogen) atoms. The predicted octanol–water partition coefficient (Wildman–Crippen LogP) is 2.18. The standard InChI is InChI=1S/C12H16N2O2/c1-4-12(2,9-13)11(15)14(3)8-10-6-5-7-16-10/h5-7H,4,8H2,1-3H3. The van der Waals surface area contributed by atoms with Gasteiger partial charge in [0.15, 0.2) is 0 Å². The van der Waals surface area contributed by atoms with Crippen molar-refractivity contribution < 1.29 is 9.21 Å². The summed E-state index contributed by atoms with van der Waals surface area (Å²) in [5.41, 5.74) is -0.943. The van der Waals surface area contributed by atoms with E-state index in [0.717, 1.165) is 0 Å². The van der Waals surface area contributed by atoms with Crippen molar-refractivity contribution in [3.05, 3.63) is 24.2 Å². The highest BCUT2D eigenvalue weighted by Crippen LogP contribution is 2.23. The molecule has 0 aliphatic rings. The maximum Gasteiger partial charge on any atom is 0.242 e. The Labute approximate surface area is 95.5 Å². The lowest BCUT2D eigenvalue weighted by atomic mass is 9.88. The number of hydrogen-bond acceptors (Lipinski definition) is 3. The minimum absolute atomic E-state index is 0.172. The van der Waals surface area contributed by atoms with E-state index < -0.39 is 5.41 Å². The lowest BCUT2D eigenvalue weighted by molar-refractivity contribution is -0.137. The van der Waals surface area contributed by atoms with Crippen molar-refractivity contribution in [1.82, 2.24) is 4.90 Å². The van der Waals surface area contributed by atoms with E-state index in [4.69, 9.17) is 9.68 Å². The molecule has 1 unspecified atom stereocenters. The summed E-state index contributed by atoms with van der Waals surface area (Å²) in [6, 6.07) is 5.65. The molecule has 0 aliphatic heterocycles. The average molecular weight is 220 g/mol. The maximum atomic E-state index is 12.0. The fraction of sp³-hybridized carbons (Fsp3) is 0.500. The zero-order valence-electron chi connectivity index (χ0n) is 9.86. The molecule has 1 aromatic heterocycles. The van der Waals surface area contributed by atoms with Gasteiger partial charge in [-0.1, -0.05) is 6.92 Å². The molecule has 0 N–H and O–H groups in total. The van der Waals surface area contributed by atoms with Gasteiger partial charge in [0.2, 0.25) is 5.91 Å². The van der Waals surface area contributed by atoms with Crippen molar-refractivity contribution in [3.8, 4) is 6.07 Å². The number of hydrogen-bond donors (Lipinski definition) is 0. The van der Waals surface area contributed by atoms with Gasteiger partial charge in [0.05, 0.1) is 18.9 Å². The fourth-order valence-electron chi connectivity index (χ4n) is 1.41. The van der Waals surface area contributed by atoms with E-state index in [1.165, 1.54) is 4.90 Å². The quantitative estimate of drug-likeness (QED) is 0.781. The van der Waals surface area contributed by atoms with Crippen LogP contribution in [-0.2, 0) is 11.3 Å². The first kappa shape index (κ1) is 12.3. The summed E-state index contributed by atoms with van der Waals surface area (Å²) < 4.78 is 5.16. The molecule has 0 aliphatic carbocycles. The third kappa shape index (κ3) is 2.43. The zero-order chi connectivity index (χ0) is 12.2. The molecule has 4 nitrogen and oxygen atoms in total. The van der Waals surface area contributed by atoms with Crippen molar-refractivity contribution >= 4 is 5.91 Å². The van der Waals surface area contributed by atoms with E-state index in [2.05, 4.69) is 6.07 Å². The van der Waals surface area contributed by atoms with E-state index in [9.17, 15) is 4.79 Å². The van der Waals surface area contributed by atoms with Crippen LogP contribution < -0.4 is 0 Å². The Balaban J connectivity index is 2.71. The van der Waals surface area contributed by atoms with Crippen LogP contribution in [0.1, 0.15) is 26.0 Å². The van der Waals surface area contributed by atoms with Gasteiger partial charge in [-0.05, 0) is 25.5 Å².